The fourth-order valence-electron chi connectivity index (χ4n) is 3.20. The molecule has 1 atom stereocenters. The molecule has 0 N–H and O–H groups in total. The van der Waals surface area contributed by atoms with Crippen molar-refractivity contribution in [3.8, 4) is 5.75 Å². The zero-order valence-corrected chi connectivity index (χ0v) is 15.2. The Morgan fingerprint density at radius 1 is 1.14 bits per heavy atom. The summed E-state index contributed by atoms with van der Waals surface area (Å²) in [5.74, 6) is 1.02. The Bertz CT molecular complexity index is 573. The first-order valence-electron chi connectivity index (χ1n) is 8.27. The summed E-state index contributed by atoms with van der Waals surface area (Å²) in [4.78, 5) is 10.7. The topological polar surface area (TPSA) is 26.3 Å². The smallest absolute Gasteiger partial charge is 0.124 e. The first-order chi connectivity index (χ1) is 9.96. The Kier molecular flexibility index (Phi) is 4.18. The van der Waals surface area contributed by atoms with Crippen LogP contribution >= 0.6 is 0 Å². The van der Waals surface area contributed by atoms with Crippen LogP contribution in [0.25, 0.3) is 0 Å². The highest BCUT2D eigenvalue weighted by Gasteiger charge is 2.38. The fraction of sp³-hybridized carbons (Fsp3) is 0.650. The largest absolute Gasteiger partial charge is 0.487 e. The monoisotopic (exact) mass is 302 g/mol. The average molecular weight is 302 g/mol. The molecule has 0 saturated carbocycles. The van der Waals surface area contributed by atoms with Crippen molar-refractivity contribution >= 4 is 6.29 Å². The first-order valence-corrected chi connectivity index (χ1v) is 8.27. The minimum absolute atomic E-state index is 0.0879. The van der Waals surface area contributed by atoms with Crippen LogP contribution in [0.3, 0.4) is 0 Å². The van der Waals surface area contributed by atoms with Crippen LogP contribution in [0.2, 0.25) is 0 Å². The van der Waals surface area contributed by atoms with E-state index >= 15 is 0 Å². The molecule has 0 aromatic heterocycles. The Morgan fingerprint density at radius 2 is 1.77 bits per heavy atom. The van der Waals surface area contributed by atoms with Gasteiger partial charge in [0.1, 0.15) is 17.6 Å². The van der Waals surface area contributed by atoms with E-state index in [0.717, 1.165) is 24.9 Å². The maximum absolute atomic E-state index is 10.7. The van der Waals surface area contributed by atoms with Crippen LogP contribution in [-0.2, 0) is 22.0 Å². The van der Waals surface area contributed by atoms with Gasteiger partial charge in [-0.05, 0) is 41.4 Å². The van der Waals surface area contributed by atoms with Gasteiger partial charge in [0, 0.05) is 18.4 Å². The van der Waals surface area contributed by atoms with Crippen LogP contribution in [-0.4, -0.2) is 11.9 Å². The second kappa shape index (κ2) is 5.40. The molecule has 0 radical (unpaired) electrons. The highest BCUT2D eigenvalue weighted by Crippen LogP contribution is 2.45. The van der Waals surface area contributed by atoms with Crippen molar-refractivity contribution in [3.05, 3.63) is 28.8 Å². The van der Waals surface area contributed by atoms with E-state index in [1.807, 2.05) is 0 Å². The summed E-state index contributed by atoms with van der Waals surface area (Å²) in [5.41, 5.74) is 3.96. The third-order valence-electron chi connectivity index (χ3n) is 4.58. The van der Waals surface area contributed by atoms with Crippen LogP contribution in [0, 0.1) is 0 Å². The molecular weight excluding hydrogens is 272 g/mol. The number of hydrogen-bond acceptors (Lipinski definition) is 2. The van der Waals surface area contributed by atoms with Gasteiger partial charge in [-0.1, -0.05) is 47.6 Å². The molecule has 0 bridgehead atoms. The number of carbonyl (C=O) groups excluding carboxylic acids is 1. The van der Waals surface area contributed by atoms with Gasteiger partial charge in [-0.2, -0.15) is 0 Å². The van der Waals surface area contributed by atoms with E-state index in [1.54, 1.807) is 0 Å². The lowest BCUT2D eigenvalue weighted by Crippen LogP contribution is -2.30. The molecular formula is C20H30O2. The van der Waals surface area contributed by atoms with Crippen LogP contribution in [0.1, 0.15) is 78.0 Å². The molecule has 1 aromatic carbocycles. The van der Waals surface area contributed by atoms with Gasteiger partial charge in [-0.3, -0.25) is 0 Å². The summed E-state index contributed by atoms with van der Waals surface area (Å²) < 4.78 is 6.31. The number of rotatable bonds is 3. The Labute approximate surface area is 135 Å². The molecule has 2 nitrogen and oxygen atoms in total. The van der Waals surface area contributed by atoms with Gasteiger partial charge in [0.25, 0.3) is 0 Å². The van der Waals surface area contributed by atoms with E-state index in [1.165, 1.54) is 16.7 Å². The second-order valence-electron chi connectivity index (χ2n) is 8.93. The standard InChI is InChI=1S/C20H30O2/c1-18(2,3)14-11-16(19(4,5)6)15-13-20(7,9-8-10-21)22-17(15)12-14/h10-12H,8-9,13H2,1-7H3. The van der Waals surface area contributed by atoms with Crippen molar-refractivity contribution in [1.29, 1.82) is 0 Å². The van der Waals surface area contributed by atoms with Gasteiger partial charge in [0.2, 0.25) is 0 Å². The number of fused-ring (bicyclic) bond motifs is 1. The highest BCUT2D eigenvalue weighted by molar-refractivity contribution is 5.53. The van der Waals surface area contributed by atoms with E-state index in [-0.39, 0.29) is 16.4 Å². The van der Waals surface area contributed by atoms with Crippen molar-refractivity contribution in [2.45, 2.75) is 84.2 Å². The highest BCUT2D eigenvalue weighted by atomic mass is 16.5. The molecule has 122 valence electrons. The van der Waals surface area contributed by atoms with Crippen molar-refractivity contribution in [2.75, 3.05) is 0 Å². The SMILES string of the molecule is CC1(CCC=O)Cc2c(cc(C(C)(C)C)cc2C(C)(C)C)O1. The molecule has 1 aliphatic rings. The molecule has 0 spiro atoms. The summed E-state index contributed by atoms with van der Waals surface area (Å²) in [6.45, 7) is 15.6. The van der Waals surface area contributed by atoms with Gasteiger partial charge in [0.05, 0.1) is 0 Å². The molecule has 1 aliphatic heterocycles. The molecule has 2 rings (SSSR count). The lowest BCUT2D eigenvalue weighted by atomic mass is 9.77. The number of benzene rings is 1. The first kappa shape index (κ1) is 17.1. The maximum atomic E-state index is 10.7. The molecule has 1 heterocycles. The lowest BCUT2D eigenvalue weighted by molar-refractivity contribution is -0.108. The number of aldehydes is 1. The van der Waals surface area contributed by atoms with Gasteiger partial charge in [0.15, 0.2) is 0 Å². The van der Waals surface area contributed by atoms with Crippen molar-refractivity contribution in [3.63, 3.8) is 0 Å². The van der Waals surface area contributed by atoms with E-state index in [2.05, 4.69) is 60.6 Å². The molecule has 0 fully saturated rings. The van der Waals surface area contributed by atoms with Gasteiger partial charge >= 0.3 is 0 Å². The van der Waals surface area contributed by atoms with Crippen molar-refractivity contribution in [1.82, 2.24) is 0 Å². The van der Waals surface area contributed by atoms with E-state index < -0.39 is 0 Å². The summed E-state index contributed by atoms with van der Waals surface area (Å²) in [7, 11) is 0. The predicted molar refractivity (Wildman–Crippen MR) is 91.9 cm³/mol. The van der Waals surface area contributed by atoms with Crippen LogP contribution in [0.15, 0.2) is 12.1 Å². The van der Waals surface area contributed by atoms with Crippen molar-refractivity contribution in [2.24, 2.45) is 0 Å². The molecule has 0 amide bonds. The molecule has 2 heteroatoms. The Hall–Kier alpha value is -1.31. The zero-order valence-electron chi connectivity index (χ0n) is 15.2. The Morgan fingerprint density at radius 3 is 2.27 bits per heavy atom. The Balaban J connectivity index is 2.51. The summed E-state index contributed by atoms with van der Waals surface area (Å²) in [6, 6.07) is 4.56. The normalized spacial score (nSPS) is 21.4. The maximum Gasteiger partial charge on any atom is 0.124 e. The quantitative estimate of drug-likeness (QED) is 0.738. The third-order valence-corrected chi connectivity index (χ3v) is 4.58. The van der Waals surface area contributed by atoms with E-state index in [9.17, 15) is 4.79 Å². The minimum Gasteiger partial charge on any atom is -0.487 e. The van der Waals surface area contributed by atoms with Gasteiger partial charge in [-0.25, -0.2) is 0 Å². The van der Waals surface area contributed by atoms with Gasteiger partial charge < -0.3 is 9.53 Å². The van der Waals surface area contributed by atoms with Crippen LogP contribution < -0.4 is 4.74 Å². The minimum atomic E-state index is -0.250. The van der Waals surface area contributed by atoms with Crippen LogP contribution in [0.4, 0.5) is 0 Å². The second-order valence-corrected chi connectivity index (χ2v) is 8.93. The van der Waals surface area contributed by atoms with Gasteiger partial charge in [-0.15, -0.1) is 0 Å². The average Bonchev–Trinajstić information content (AvgIpc) is 2.69. The fourth-order valence-corrected chi connectivity index (χ4v) is 3.20. The predicted octanol–water partition coefficient (Wildman–Crippen LogP) is 4.95. The molecule has 0 aliphatic carbocycles. The number of hydrogen-bond donors (Lipinski definition) is 0. The summed E-state index contributed by atoms with van der Waals surface area (Å²) in [5, 5.41) is 0. The van der Waals surface area contributed by atoms with E-state index in [4.69, 9.17) is 4.74 Å². The molecule has 1 unspecified atom stereocenters. The number of ether oxygens (including phenoxy) is 1. The summed E-state index contributed by atoms with van der Waals surface area (Å²) in [6.07, 6.45) is 3.22. The van der Waals surface area contributed by atoms with Crippen molar-refractivity contribution < 1.29 is 9.53 Å². The summed E-state index contributed by atoms with van der Waals surface area (Å²) >= 11 is 0. The van der Waals surface area contributed by atoms with E-state index in [0.29, 0.717) is 6.42 Å². The third kappa shape index (κ3) is 3.37. The van der Waals surface area contributed by atoms with Crippen LogP contribution in [0.5, 0.6) is 5.75 Å². The lowest BCUT2D eigenvalue weighted by Gasteiger charge is -2.27. The zero-order chi connectivity index (χ0) is 16.8. The molecule has 22 heavy (non-hydrogen) atoms. The molecule has 0 saturated heterocycles. The number of carbonyl (C=O) groups is 1. The molecule has 1 aromatic rings.